The summed E-state index contributed by atoms with van der Waals surface area (Å²) in [6.07, 6.45) is 4.39. The fraction of sp³-hybridized carbons (Fsp3) is 0.846. The molecule has 0 spiro atoms. The van der Waals surface area contributed by atoms with Crippen molar-refractivity contribution in [1.29, 1.82) is 0 Å². The summed E-state index contributed by atoms with van der Waals surface area (Å²) in [6.45, 7) is 5.57. The summed E-state index contributed by atoms with van der Waals surface area (Å²) in [6, 6.07) is 0.183. The lowest BCUT2D eigenvalue weighted by atomic mass is 9.97. The number of rotatable bonds is 1. The second-order valence-electron chi connectivity index (χ2n) is 5.66. The van der Waals surface area contributed by atoms with E-state index in [2.05, 4.69) is 6.92 Å². The molecule has 0 aliphatic carbocycles. The summed E-state index contributed by atoms with van der Waals surface area (Å²) in [5, 5.41) is 0. The first-order chi connectivity index (χ1) is 8.58. The van der Waals surface area contributed by atoms with Crippen LogP contribution in [0.3, 0.4) is 0 Å². The molecule has 2 heterocycles. The van der Waals surface area contributed by atoms with Crippen molar-refractivity contribution in [2.75, 3.05) is 26.2 Å². The molecule has 0 aromatic carbocycles. The van der Waals surface area contributed by atoms with Crippen LogP contribution in [0.25, 0.3) is 0 Å². The minimum absolute atomic E-state index is 0.183. The molecule has 2 atom stereocenters. The van der Waals surface area contributed by atoms with Crippen LogP contribution in [0, 0.1) is 11.8 Å². The van der Waals surface area contributed by atoms with E-state index in [1.54, 1.807) is 0 Å². The average Bonchev–Trinajstić information content (AvgIpc) is 2.38. The number of carbonyl (C=O) groups is 1. The Hall–Kier alpha value is -0.840. The third-order valence-electron chi connectivity index (χ3n) is 4.02. The molecule has 102 valence electrons. The number of urea groups is 1. The molecule has 0 bridgehead atoms. The summed E-state index contributed by atoms with van der Waals surface area (Å²) in [4.78, 5) is 16.9. The van der Waals surface area contributed by atoms with Crippen LogP contribution in [-0.4, -0.2) is 47.0 Å². The van der Waals surface area contributed by atoms with Gasteiger partial charge in [0, 0.05) is 32.1 Å². The normalized spacial score (nSPS) is 29.2. The van der Waals surface area contributed by atoms with Crippen LogP contribution >= 0.6 is 12.2 Å². The largest absolute Gasteiger partial charge is 0.393 e. The highest BCUT2D eigenvalue weighted by molar-refractivity contribution is 7.80. The molecule has 2 unspecified atom stereocenters. The topological polar surface area (TPSA) is 49.6 Å². The predicted molar refractivity (Wildman–Crippen MR) is 76.4 cm³/mol. The van der Waals surface area contributed by atoms with Gasteiger partial charge in [0.2, 0.25) is 0 Å². The van der Waals surface area contributed by atoms with Crippen LogP contribution in [0.5, 0.6) is 0 Å². The number of hydrogen-bond acceptors (Lipinski definition) is 2. The van der Waals surface area contributed by atoms with E-state index >= 15 is 0 Å². The minimum Gasteiger partial charge on any atom is -0.393 e. The Morgan fingerprint density at radius 3 is 2.39 bits per heavy atom. The zero-order valence-electron chi connectivity index (χ0n) is 11.1. The summed E-state index contributed by atoms with van der Waals surface area (Å²) >= 11 is 5.06. The summed E-state index contributed by atoms with van der Waals surface area (Å²) in [5.41, 5.74) is 5.71. The molecule has 0 saturated carbocycles. The van der Waals surface area contributed by atoms with Gasteiger partial charge in [0.1, 0.15) is 0 Å². The summed E-state index contributed by atoms with van der Waals surface area (Å²) in [5.74, 6) is 0.832. The zero-order chi connectivity index (χ0) is 13.1. The molecule has 2 fully saturated rings. The smallest absolute Gasteiger partial charge is 0.320 e. The van der Waals surface area contributed by atoms with Crippen LogP contribution in [0.4, 0.5) is 4.79 Å². The number of nitrogens with zero attached hydrogens (tertiary/aromatic N) is 2. The van der Waals surface area contributed by atoms with E-state index in [1.165, 1.54) is 6.42 Å². The maximum absolute atomic E-state index is 12.4. The molecule has 2 aliphatic heterocycles. The Bertz CT molecular complexity index is 334. The van der Waals surface area contributed by atoms with Gasteiger partial charge in [0.25, 0.3) is 0 Å². The maximum atomic E-state index is 12.4. The molecule has 2 saturated heterocycles. The van der Waals surface area contributed by atoms with Gasteiger partial charge >= 0.3 is 6.03 Å². The van der Waals surface area contributed by atoms with E-state index in [1.807, 2.05) is 9.80 Å². The van der Waals surface area contributed by atoms with Crippen molar-refractivity contribution < 1.29 is 4.79 Å². The molecule has 2 amide bonds. The van der Waals surface area contributed by atoms with Crippen LogP contribution in [0.15, 0.2) is 0 Å². The molecule has 2 aliphatic rings. The molecule has 4 nitrogen and oxygen atoms in total. The monoisotopic (exact) mass is 269 g/mol. The van der Waals surface area contributed by atoms with Crippen molar-refractivity contribution in [2.24, 2.45) is 17.6 Å². The Balaban J connectivity index is 1.93. The molecule has 2 N–H and O–H groups in total. The highest BCUT2D eigenvalue weighted by Crippen LogP contribution is 2.21. The van der Waals surface area contributed by atoms with Crippen molar-refractivity contribution in [3.63, 3.8) is 0 Å². The number of hydrogen-bond donors (Lipinski definition) is 1. The van der Waals surface area contributed by atoms with E-state index < -0.39 is 0 Å². The first-order valence-electron chi connectivity index (χ1n) is 6.91. The number of nitrogens with two attached hydrogens (primary N) is 1. The van der Waals surface area contributed by atoms with Gasteiger partial charge in [0.15, 0.2) is 0 Å². The molecule has 0 radical (unpaired) electrons. The molecule has 0 aromatic rings. The fourth-order valence-electron chi connectivity index (χ4n) is 2.95. The summed E-state index contributed by atoms with van der Waals surface area (Å²) in [7, 11) is 0. The van der Waals surface area contributed by atoms with Crippen molar-refractivity contribution in [2.45, 2.75) is 32.6 Å². The first-order valence-corrected chi connectivity index (χ1v) is 7.32. The van der Waals surface area contributed by atoms with Crippen LogP contribution in [-0.2, 0) is 0 Å². The van der Waals surface area contributed by atoms with Crippen molar-refractivity contribution >= 4 is 23.2 Å². The van der Waals surface area contributed by atoms with Crippen molar-refractivity contribution in [3.8, 4) is 0 Å². The number of likely N-dealkylation sites (tertiary alicyclic amines) is 2. The molecule has 18 heavy (non-hydrogen) atoms. The maximum Gasteiger partial charge on any atom is 0.320 e. The number of carbonyl (C=O) groups excluding carboxylic acids is 1. The van der Waals surface area contributed by atoms with Gasteiger partial charge in [-0.05, 0) is 31.6 Å². The lowest BCUT2D eigenvalue weighted by molar-refractivity contribution is 0.119. The average molecular weight is 269 g/mol. The van der Waals surface area contributed by atoms with Gasteiger partial charge in [-0.3, -0.25) is 0 Å². The van der Waals surface area contributed by atoms with Gasteiger partial charge in [-0.15, -0.1) is 0 Å². The molecular weight excluding hydrogens is 246 g/mol. The van der Waals surface area contributed by atoms with Crippen molar-refractivity contribution in [3.05, 3.63) is 0 Å². The van der Waals surface area contributed by atoms with Gasteiger partial charge in [-0.25, -0.2) is 4.79 Å². The fourth-order valence-corrected chi connectivity index (χ4v) is 3.14. The Morgan fingerprint density at radius 2 is 1.78 bits per heavy atom. The first kappa shape index (κ1) is 13.6. The van der Waals surface area contributed by atoms with E-state index in [-0.39, 0.29) is 11.9 Å². The van der Waals surface area contributed by atoms with Crippen LogP contribution in [0.1, 0.15) is 32.6 Å². The summed E-state index contributed by atoms with van der Waals surface area (Å²) < 4.78 is 0. The molecule has 5 heteroatoms. The lowest BCUT2D eigenvalue weighted by Gasteiger charge is -2.38. The number of piperidine rings is 2. The van der Waals surface area contributed by atoms with Gasteiger partial charge < -0.3 is 15.5 Å². The van der Waals surface area contributed by atoms with Crippen LogP contribution in [0.2, 0.25) is 0 Å². The van der Waals surface area contributed by atoms with Gasteiger partial charge in [0.05, 0.1) is 4.99 Å². The number of amides is 2. The van der Waals surface area contributed by atoms with Crippen LogP contribution < -0.4 is 5.73 Å². The third kappa shape index (κ3) is 3.13. The predicted octanol–water partition coefficient (Wildman–Crippen LogP) is 1.84. The van der Waals surface area contributed by atoms with E-state index in [9.17, 15) is 4.79 Å². The van der Waals surface area contributed by atoms with E-state index in [4.69, 9.17) is 18.0 Å². The SMILES string of the molecule is CC1CCCN(C(=O)N2CCCC(C(N)=S)C2)C1. The van der Waals surface area contributed by atoms with Gasteiger partial charge in [-0.2, -0.15) is 0 Å². The molecule has 0 aromatic heterocycles. The quantitative estimate of drug-likeness (QED) is 0.739. The molecular formula is C13H23N3OS. The number of thiocarbonyl (C=S) groups is 1. The third-order valence-corrected chi connectivity index (χ3v) is 4.36. The van der Waals surface area contributed by atoms with Crippen molar-refractivity contribution in [1.82, 2.24) is 9.80 Å². The Labute approximate surface area is 114 Å². The van der Waals surface area contributed by atoms with E-state index in [0.29, 0.717) is 17.5 Å². The highest BCUT2D eigenvalue weighted by atomic mass is 32.1. The second-order valence-corrected chi connectivity index (χ2v) is 6.13. The highest BCUT2D eigenvalue weighted by Gasteiger charge is 2.29. The minimum atomic E-state index is 0.183. The van der Waals surface area contributed by atoms with E-state index in [0.717, 1.165) is 38.9 Å². The molecule has 2 rings (SSSR count). The Kier molecular flexibility index (Phi) is 4.43. The zero-order valence-corrected chi connectivity index (χ0v) is 11.9. The Morgan fingerprint density at radius 1 is 1.17 bits per heavy atom. The second kappa shape index (κ2) is 5.87. The lowest BCUT2D eigenvalue weighted by Crippen LogP contribution is -2.51. The van der Waals surface area contributed by atoms with Gasteiger partial charge in [-0.1, -0.05) is 19.1 Å². The standard InChI is InChI=1S/C13H23N3OS/c1-10-4-2-6-15(8-10)13(17)16-7-3-5-11(9-16)12(14)18/h10-11H,2-9H2,1H3,(H2,14,18).